The monoisotopic (exact) mass is 663 g/mol. The summed E-state index contributed by atoms with van der Waals surface area (Å²) in [5, 5.41) is 2.28. The van der Waals surface area contributed by atoms with Crippen molar-refractivity contribution in [3.8, 4) is 78.5 Å². The SMILES string of the molecule is c1ccc(-c2cccc(-c3cc(-c4cc(-c5ccccc5)cc(-c5ccccc5)c4)nc(-c4cccc(-c5cc6ccccc6cn5)c4)n3)c2)cc1. The van der Waals surface area contributed by atoms with E-state index < -0.39 is 0 Å². The van der Waals surface area contributed by atoms with E-state index in [2.05, 4.69) is 182 Å². The van der Waals surface area contributed by atoms with Crippen molar-refractivity contribution in [2.24, 2.45) is 0 Å². The molecule has 0 aliphatic heterocycles. The summed E-state index contributed by atoms with van der Waals surface area (Å²) in [6.07, 6.45) is 1.94. The third-order valence-electron chi connectivity index (χ3n) is 9.48. The maximum Gasteiger partial charge on any atom is 0.160 e. The predicted octanol–water partition coefficient (Wildman–Crippen LogP) is 12.7. The first-order chi connectivity index (χ1) is 25.7. The smallest absolute Gasteiger partial charge is 0.160 e. The number of hydrogen-bond acceptors (Lipinski definition) is 3. The second-order valence-electron chi connectivity index (χ2n) is 12.9. The molecule has 52 heavy (non-hydrogen) atoms. The summed E-state index contributed by atoms with van der Waals surface area (Å²) < 4.78 is 0. The molecule has 0 aliphatic rings. The van der Waals surface area contributed by atoms with Gasteiger partial charge in [0.2, 0.25) is 0 Å². The minimum Gasteiger partial charge on any atom is -0.256 e. The van der Waals surface area contributed by atoms with Crippen LogP contribution in [0, 0.1) is 0 Å². The van der Waals surface area contributed by atoms with Crippen molar-refractivity contribution in [1.29, 1.82) is 0 Å². The van der Waals surface area contributed by atoms with Gasteiger partial charge in [-0.15, -0.1) is 0 Å². The van der Waals surface area contributed by atoms with Crippen LogP contribution in [0.4, 0.5) is 0 Å². The lowest BCUT2D eigenvalue weighted by Gasteiger charge is -2.14. The van der Waals surface area contributed by atoms with E-state index in [9.17, 15) is 0 Å². The molecule has 0 saturated heterocycles. The molecule has 9 aromatic rings. The molecular formula is C49H33N3. The van der Waals surface area contributed by atoms with E-state index in [1.807, 2.05) is 18.3 Å². The molecule has 0 amide bonds. The lowest BCUT2D eigenvalue weighted by atomic mass is 9.94. The Balaban J connectivity index is 1.23. The van der Waals surface area contributed by atoms with Gasteiger partial charge in [0.25, 0.3) is 0 Å². The van der Waals surface area contributed by atoms with Crippen molar-refractivity contribution in [3.63, 3.8) is 0 Å². The Morgan fingerprint density at radius 2 is 0.673 bits per heavy atom. The minimum atomic E-state index is 0.659. The van der Waals surface area contributed by atoms with E-state index in [0.29, 0.717) is 5.82 Å². The molecular weight excluding hydrogens is 631 g/mol. The van der Waals surface area contributed by atoms with Crippen molar-refractivity contribution in [2.75, 3.05) is 0 Å². The van der Waals surface area contributed by atoms with Gasteiger partial charge in [0, 0.05) is 33.8 Å². The molecule has 0 fully saturated rings. The van der Waals surface area contributed by atoms with Gasteiger partial charge in [0.1, 0.15) is 0 Å². The van der Waals surface area contributed by atoms with Gasteiger partial charge < -0.3 is 0 Å². The van der Waals surface area contributed by atoms with Gasteiger partial charge in [0.15, 0.2) is 5.82 Å². The third kappa shape index (κ3) is 6.39. The molecule has 7 aromatic carbocycles. The van der Waals surface area contributed by atoms with Gasteiger partial charge >= 0.3 is 0 Å². The Kier molecular flexibility index (Phi) is 8.20. The van der Waals surface area contributed by atoms with Crippen LogP contribution < -0.4 is 0 Å². The Hall–Kier alpha value is -6.97. The van der Waals surface area contributed by atoms with E-state index in [-0.39, 0.29) is 0 Å². The average molecular weight is 664 g/mol. The first-order valence-corrected chi connectivity index (χ1v) is 17.5. The van der Waals surface area contributed by atoms with Gasteiger partial charge in [0.05, 0.1) is 17.1 Å². The highest BCUT2D eigenvalue weighted by Gasteiger charge is 2.15. The van der Waals surface area contributed by atoms with Crippen LogP contribution in [-0.4, -0.2) is 15.0 Å². The third-order valence-corrected chi connectivity index (χ3v) is 9.48. The molecule has 0 atom stereocenters. The van der Waals surface area contributed by atoms with Gasteiger partial charge in [-0.25, -0.2) is 9.97 Å². The number of rotatable bonds is 7. The van der Waals surface area contributed by atoms with E-state index in [0.717, 1.165) is 83.5 Å². The van der Waals surface area contributed by atoms with Gasteiger partial charge in [-0.05, 0) is 81.2 Å². The maximum atomic E-state index is 5.30. The van der Waals surface area contributed by atoms with Crippen molar-refractivity contribution >= 4 is 10.8 Å². The summed E-state index contributed by atoms with van der Waals surface area (Å²) in [7, 11) is 0. The number of pyridine rings is 1. The van der Waals surface area contributed by atoms with Crippen molar-refractivity contribution in [3.05, 3.63) is 200 Å². The fourth-order valence-electron chi connectivity index (χ4n) is 6.79. The number of benzene rings is 7. The lowest BCUT2D eigenvalue weighted by molar-refractivity contribution is 1.18. The second kappa shape index (κ2) is 13.7. The summed E-state index contributed by atoms with van der Waals surface area (Å²) in [5.74, 6) is 0.659. The first-order valence-electron chi connectivity index (χ1n) is 17.5. The normalized spacial score (nSPS) is 11.1. The van der Waals surface area contributed by atoms with Crippen LogP contribution in [0.15, 0.2) is 200 Å². The molecule has 0 aliphatic carbocycles. The molecule has 3 nitrogen and oxygen atoms in total. The Labute approximate surface area is 303 Å². The van der Waals surface area contributed by atoms with E-state index in [4.69, 9.17) is 15.0 Å². The molecule has 3 heteroatoms. The predicted molar refractivity (Wildman–Crippen MR) is 215 cm³/mol. The van der Waals surface area contributed by atoms with Gasteiger partial charge in [-0.3, -0.25) is 4.98 Å². The van der Waals surface area contributed by atoms with Crippen LogP contribution in [0.25, 0.3) is 89.3 Å². The van der Waals surface area contributed by atoms with E-state index in [1.165, 1.54) is 0 Å². The van der Waals surface area contributed by atoms with Crippen molar-refractivity contribution < 1.29 is 0 Å². The summed E-state index contributed by atoms with van der Waals surface area (Å²) >= 11 is 0. The summed E-state index contributed by atoms with van der Waals surface area (Å²) in [6, 6.07) is 67.9. The fourth-order valence-corrected chi connectivity index (χ4v) is 6.79. The van der Waals surface area contributed by atoms with Gasteiger partial charge in [-0.1, -0.05) is 152 Å². The van der Waals surface area contributed by atoms with Crippen molar-refractivity contribution in [2.45, 2.75) is 0 Å². The van der Waals surface area contributed by atoms with Crippen LogP contribution in [0.1, 0.15) is 0 Å². The molecule has 0 spiro atoms. The van der Waals surface area contributed by atoms with Crippen molar-refractivity contribution in [1.82, 2.24) is 15.0 Å². The summed E-state index contributed by atoms with van der Waals surface area (Å²) in [6.45, 7) is 0. The molecule has 0 radical (unpaired) electrons. The molecule has 2 heterocycles. The Morgan fingerprint density at radius 1 is 0.250 bits per heavy atom. The zero-order chi connectivity index (χ0) is 34.7. The van der Waals surface area contributed by atoms with Crippen LogP contribution in [0.3, 0.4) is 0 Å². The minimum absolute atomic E-state index is 0.659. The Morgan fingerprint density at radius 3 is 1.31 bits per heavy atom. The zero-order valence-electron chi connectivity index (χ0n) is 28.4. The molecule has 0 N–H and O–H groups in total. The standard InChI is InChI=1S/C49H33N3/c1-4-14-34(15-5-1)37-22-12-24-40(26-37)47-32-48(45-29-43(35-16-6-2-7-17-35)28-44(30-45)36-18-8-3-9-19-36)52-49(51-47)41-25-13-23-39(27-41)46-31-38-20-10-11-21-42(38)33-50-46/h1-33H. The molecule has 2 aromatic heterocycles. The molecule has 9 rings (SSSR count). The van der Waals surface area contributed by atoms with Crippen LogP contribution in [-0.2, 0) is 0 Å². The number of nitrogens with zero attached hydrogens (tertiary/aromatic N) is 3. The van der Waals surface area contributed by atoms with Gasteiger partial charge in [-0.2, -0.15) is 0 Å². The highest BCUT2D eigenvalue weighted by molar-refractivity contribution is 5.86. The largest absolute Gasteiger partial charge is 0.256 e. The van der Waals surface area contributed by atoms with Crippen LogP contribution >= 0.6 is 0 Å². The molecule has 244 valence electrons. The van der Waals surface area contributed by atoms with Crippen LogP contribution in [0.2, 0.25) is 0 Å². The number of fused-ring (bicyclic) bond motifs is 1. The lowest BCUT2D eigenvalue weighted by Crippen LogP contribution is -1.97. The molecule has 0 unspecified atom stereocenters. The maximum absolute atomic E-state index is 5.30. The molecule has 0 saturated carbocycles. The number of aromatic nitrogens is 3. The summed E-state index contributed by atoms with van der Waals surface area (Å²) in [5.41, 5.74) is 13.5. The summed E-state index contributed by atoms with van der Waals surface area (Å²) in [4.78, 5) is 15.4. The quantitative estimate of drug-likeness (QED) is 0.170. The van der Waals surface area contributed by atoms with E-state index in [1.54, 1.807) is 0 Å². The topological polar surface area (TPSA) is 38.7 Å². The average Bonchev–Trinajstić information content (AvgIpc) is 3.24. The second-order valence-corrected chi connectivity index (χ2v) is 12.9. The zero-order valence-corrected chi connectivity index (χ0v) is 28.4. The highest BCUT2D eigenvalue weighted by Crippen LogP contribution is 2.36. The fraction of sp³-hybridized carbons (Fsp3) is 0. The van der Waals surface area contributed by atoms with Crippen LogP contribution in [0.5, 0.6) is 0 Å². The Bertz CT molecular complexity index is 2610. The first kappa shape index (κ1) is 31.0. The highest BCUT2D eigenvalue weighted by atomic mass is 14.9. The number of hydrogen-bond donors (Lipinski definition) is 0. The van der Waals surface area contributed by atoms with E-state index >= 15 is 0 Å². The molecule has 0 bridgehead atoms.